The van der Waals surface area contributed by atoms with Gasteiger partial charge < -0.3 is 0 Å². The summed E-state index contributed by atoms with van der Waals surface area (Å²) in [5.41, 5.74) is 2.07. The lowest BCUT2D eigenvalue weighted by Crippen LogP contribution is -2.31. The molecule has 0 N–H and O–H groups in total. The van der Waals surface area contributed by atoms with Crippen LogP contribution in [-0.2, 0) is 0 Å². The lowest BCUT2D eigenvalue weighted by Gasteiger charge is -2.39. The molecule has 0 bridgehead atoms. The van der Waals surface area contributed by atoms with E-state index in [4.69, 9.17) is 12.2 Å². The van der Waals surface area contributed by atoms with Crippen molar-refractivity contribution in [2.45, 2.75) is 65.3 Å². The number of rotatable bonds is 2. The summed E-state index contributed by atoms with van der Waals surface area (Å²) in [6, 6.07) is 0. The first-order chi connectivity index (χ1) is 8.41. The third kappa shape index (κ3) is 2.46. The molecule has 0 aliphatic heterocycles. The van der Waals surface area contributed by atoms with Gasteiger partial charge in [0.1, 0.15) is 0 Å². The number of nitrogens with zero attached hydrogens (tertiary/aromatic N) is 1. The first-order valence-corrected chi connectivity index (χ1v) is 7.62. The van der Waals surface area contributed by atoms with Gasteiger partial charge in [-0.25, -0.2) is 4.99 Å². The van der Waals surface area contributed by atoms with E-state index in [2.05, 4.69) is 43.9 Å². The number of allylic oxidation sites excluding steroid dienone is 2. The second kappa shape index (κ2) is 4.90. The van der Waals surface area contributed by atoms with Crippen LogP contribution in [0.15, 0.2) is 16.6 Å². The van der Waals surface area contributed by atoms with Crippen LogP contribution in [0.1, 0.15) is 59.8 Å². The zero-order valence-corrected chi connectivity index (χ0v) is 12.9. The maximum absolute atomic E-state index is 4.81. The lowest BCUT2D eigenvalue weighted by molar-refractivity contribution is 0.209. The summed E-state index contributed by atoms with van der Waals surface area (Å²) in [4.78, 5) is 4.45. The summed E-state index contributed by atoms with van der Waals surface area (Å²) in [6.07, 6.45) is 8.80. The molecule has 18 heavy (non-hydrogen) atoms. The van der Waals surface area contributed by atoms with Crippen LogP contribution in [0.5, 0.6) is 0 Å². The van der Waals surface area contributed by atoms with Gasteiger partial charge in [-0.1, -0.05) is 32.4 Å². The summed E-state index contributed by atoms with van der Waals surface area (Å²) in [6.45, 7) is 9.30. The van der Waals surface area contributed by atoms with Crippen LogP contribution in [0.3, 0.4) is 0 Å². The van der Waals surface area contributed by atoms with Crippen LogP contribution in [0.2, 0.25) is 0 Å². The van der Waals surface area contributed by atoms with Crippen LogP contribution in [0.4, 0.5) is 0 Å². The quantitative estimate of drug-likeness (QED) is 0.386. The van der Waals surface area contributed by atoms with Crippen molar-refractivity contribution in [3.05, 3.63) is 11.6 Å². The average Bonchev–Trinajstić information content (AvgIpc) is 2.62. The number of hydrogen-bond acceptors (Lipinski definition) is 2. The summed E-state index contributed by atoms with van der Waals surface area (Å²) in [5.74, 6) is 1.47. The van der Waals surface area contributed by atoms with E-state index in [1.54, 1.807) is 5.57 Å². The highest BCUT2D eigenvalue weighted by Gasteiger charge is 2.48. The molecular formula is C16H25NS. The minimum Gasteiger partial charge on any atom is -0.226 e. The second-order valence-corrected chi connectivity index (χ2v) is 7.11. The fourth-order valence-electron chi connectivity index (χ4n) is 3.85. The molecule has 0 amide bonds. The molecule has 2 aliphatic rings. The van der Waals surface area contributed by atoms with Gasteiger partial charge in [-0.2, -0.15) is 0 Å². The fourth-order valence-corrected chi connectivity index (χ4v) is 4.07. The molecule has 0 aromatic carbocycles. The summed E-state index contributed by atoms with van der Waals surface area (Å²) in [5, 5.41) is 2.61. The predicted octanol–water partition coefficient (Wildman–Crippen LogP) is 5.03. The fraction of sp³-hybridized carbons (Fsp3) is 0.812. The molecule has 1 saturated carbocycles. The molecule has 1 spiro atoms. The van der Waals surface area contributed by atoms with E-state index in [0.29, 0.717) is 11.3 Å². The lowest BCUT2D eigenvalue weighted by atomic mass is 9.66. The summed E-state index contributed by atoms with van der Waals surface area (Å²) >= 11 is 4.81. The maximum atomic E-state index is 4.81. The van der Waals surface area contributed by atoms with Crippen LogP contribution in [-0.4, -0.2) is 10.7 Å². The summed E-state index contributed by atoms with van der Waals surface area (Å²) < 4.78 is 0. The average molecular weight is 263 g/mol. The molecule has 1 nitrogen and oxygen atoms in total. The van der Waals surface area contributed by atoms with E-state index in [1.165, 1.54) is 19.3 Å². The highest BCUT2D eigenvalue weighted by atomic mass is 32.1. The van der Waals surface area contributed by atoms with E-state index in [9.17, 15) is 0 Å². The molecule has 3 atom stereocenters. The Morgan fingerprint density at radius 1 is 1.44 bits per heavy atom. The Morgan fingerprint density at radius 2 is 2.17 bits per heavy atom. The molecule has 2 heteroatoms. The molecule has 0 aromatic rings. The zero-order chi connectivity index (χ0) is 13.4. The van der Waals surface area contributed by atoms with Crippen molar-refractivity contribution in [1.29, 1.82) is 0 Å². The van der Waals surface area contributed by atoms with Gasteiger partial charge in [-0.15, -0.1) is 0 Å². The topological polar surface area (TPSA) is 12.4 Å². The van der Waals surface area contributed by atoms with Gasteiger partial charge in [0.15, 0.2) is 0 Å². The Bertz CT molecular complexity index is 405. The molecule has 1 fully saturated rings. The van der Waals surface area contributed by atoms with E-state index in [1.807, 2.05) is 0 Å². The Kier molecular flexibility index (Phi) is 3.80. The maximum Gasteiger partial charge on any atom is 0.0691 e. The Hall–Kier alpha value is -0.460. The van der Waals surface area contributed by atoms with Crippen molar-refractivity contribution in [3.63, 3.8) is 0 Å². The highest BCUT2D eigenvalue weighted by Crippen LogP contribution is 2.55. The van der Waals surface area contributed by atoms with Crippen LogP contribution < -0.4 is 0 Å². The molecular weight excluding hydrogens is 238 g/mol. The number of isothiocyanates is 1. The van der Waals surface area contributed by atoms with Gasteiger partial charge in [0.25, 0.3) is 0 Å². The molecule has 0 heterocycles. The molecule has 2 aliphatic carbocycles. The van der Waals surface area contributed by atoms with E-state index >= 15 is 0 Å². The van der Waals surface area contributed by atoms with Gasteiger partial charge in [0, 0.05) is 0 Å². The highest BCUT2D eigenvalue weighted by molar-refractivity contribution is 7.78. The molecule has 0 aromatic heterocycles. The van der Waals surface area contributed by atoms with Gasteiger partial charge in [-0.05, 0) is 68.5 Å². The Labute approximate surface area is 117 Å². The monoisotopic (exact) mass is 263 g/mol. The predicted molar refractivity (Wildman–Crippen MR) is 81.0 cm³/mol. The van der Waals surface area contributed by atoms with Crippen LogP contribution >= 0.6 is 12.2 Å². The normalized spacial score (nSPS) is 39.8. The first kappa shape index (κ1) is 14.0. The van der Waals surface area contributed by atoms with E-state index in [0.717, 1.165) is 18.8 Å². The first-order valence-electron chi connectivity index (χ1n) is 7.21. The van der Waals surface area contributed by atoms with E-state index in [-0.39, 0.29) is 5.54 Å². The number of hydrogen-bond donors (Lipinski definition) is 0. The minimum atomic E-state index is 0.0337. The number of aliphatic imine (C=N–C) groups is 1. The van der Waals surface area contributed by atoms with Gasteiger partial charge in [0.05, 0.1) is 10.7 Å². The van der Waals surface area contributed by atoms with Crippen molar-refractivity contribution in [1.82, 2.24) is 0 Å². The smallest absolute Gasteiger partial charge is 0.0691 e. The third-order valence-corrected chi connectivity index (χ3v) is 5.31. The van der Waals surface area contributed by atoms with Crippen LogP contribution in [0, 0.1) is 17.3 Å². The van der Waals surface area contributed by atoms with Crippen molar-refractivity contribution in [2.24, 2.45) is 22.2 Å². The van der Waals surface area contributed by atoms with Gasteiger partial charge in [0.2, 0.25) is 0 Å². The second-order valence-electron chi connectivity index (χ2n) is 6.92. The molecule has 0 radical (unpaired) electrons. The van der Waals surface area contributed by atoms with Crippen molar-refractivity contribution < 1.29 is 0 Å². The van der Waals surface area contributed by atoms with Gasteiger partial charge >= 0.3 is 0 Å². The molecule has 0 unspecified atom stereocenters. The Morgan fingerprint density at radius 3 is 2.78 bits per heavy atom. The minimum absolute atomic E-state index is 0.0337. The van der Waals surface area contributed by atoms with Crippen molar-refractivity contribution >= 4 is 17.4 Å². The van der Waals surface area contributed by atoms with Crippen molar-refractivity contribution in [2.75, 3.05) is 0 Å². The molecule has 2 rings (SSSR count). The molecule has 0 saturated heterocycles. The largest absolute Gasteiger partial charge is 0.226 e. The molecule has 100 valence electrons. The van der Waals surface area contributed by atoms with Crippen LogP contribution in [0.25, 0.3) is 0 Å². The Balaban J connectivity index is 2.30. The standard InChI is InChI=1S/C16H25NS/c1-12(2)14-6-5-13(3)16(9-14)8-7-15(4,10-16)17-11-18/h9,12-13H,5-8,10H2,1-4H3/t13-,15-,16+/m0/s1. The summed E-state index contributed by atoms with van der Waals surface area (Å²) in [7, 11) is 0. The number of thiocarbonyl (C=S) groups is 1. The zero-order valence-electron chi connectivity index (χ0n) is 12.1. The third-order valence-electron chi connectivity index (χ3n) is 5.22. The van der Waals surface area contributed by atoms with E-state index < -0.39 is 0 Å². The van der Waals surface area contributed by atoms with Gasteiger partial charge in [-0.3, -0.25) is 0 Å². The SMILES string of the molecule is CC(C)C1=C[C@@]2(CC[C@](C)(N=C=S)C2)[C@@H](C)CC1. The van der Waals surface area contributed by atoms with Crippen molar-refractivity contribution in [3.8, 4) is 0 Å².